The molecule has 0 aliphatic heterocycles. The Morgan fingerprint density at radius 3 is 2.61 bits per heavy atom. The number of ketones is 2. The van der Waals surface area contributed by atoms with Gasteiger partial charge >= 0.3 is 5.97 Å². The smallest absolute Gasteiger partial charge is 0.372 e. The number of fused-ring (bicyclic) bond motifs is 1. The molecule has 0 amide bonds. The molecule has 0 bridgehead atoms. The average Bonchev–Trinajstić information content (AvgIpc) is 2.71. The van der Waals surface area contributed by atoms with Crippen LogP contribution in [0, 0.1) is 0 Å². The number of H-pyrrole nitrogens is 1. The first-order valence-electron chi connectivity index (χ1n) is 5.08. The average molecular weight is 247 g/mol. The minimum atomic E-state index is -1.63. The predicted molar refractivity (Wildman–Crippen MR) is 61.6 cm³/mol. The number of carboxylic acids is 1. The summed E-state index contributed by atoms with van der Waals surface area (Å²) in [7, 11) is 0. The van der Waals surface area contributed by atoms with Crippen molar-refractivity contribution < 1.29 is 24.6 Å². The second-order valence-corrected chi connectivity index (χ2v) is 3.76. The number of carbonyl (C=O) groups excluding carboxylic acids is 2. The van der Waals surface area contributed by atoms with Gasteiger partial charge < -0.3 is 15.2 Å². The molecule has 0 unspecified atom stereocenters. The van der Waals surface area contributed by atoms with Crippen LogP contribution in [0.15, 0.2) is 24.4 Å². The fourth-order valence-corrected chi connectivity index (χ4v) is 1.66. The summed E-state index contributed by atoms with van der Waals surface area (Å²) in [6.45, 7) is 0. The number of phenols is 1. The number of carboxylic acid groups (broad SMARTS) is 1. The third kappa shape index (κ3) is 2.08. The molecule has 0 radical (unpaired) electrons. The van der Waals surface area contributed by atoms with E-state index in [4.69, 9.17) is 5.11 Å². The minimum Gasteiger partial charge on any atom is -0.508 e. The molecule has 0 aliphatic carbocycles. The molecule has 0 saturated heterocycles. The molecule has 92 valence electrons. The van der Waals surface area contributed by atoms with E-state index >= 15 is 0 Å². The molecule has 1 heterocycles. The summed E-state index contributed by atoms with van der Waals surface area (Å²) in [5, 5.41) is 18.2. The Morgan fingerprint density at radius 2 is 1.94 bits per heavy atom. The topological polar surface area (TPSA) is 107 Å². The van der Waals surface area contributed by atoms with Gasteiger partial charge in [-0.3, -0.25) is 9.59 Å². The lowest BCUT2D eigenvalue weighted by molar-refractivity contribution is -0.148. The maximum absolute atomic E-state index is 11.8. The quantitative estimate of drug-likeness (QED) is 0.426. The summed E-state index contributed by atoms with van der Waals surface area (Å²) >= 11 is 0. The van der Waals surface area contributed by atoms with Gasteiger partial charge in [0.1, 0.15) is 5.75 Å². The molecular formula is C12H9NO5. The van der Waals surface area contributed by atoms with Crippen molar-refractivity contribution in [2.45, 2.75) is 6.42 Å². The van der Waals surface area contributed by atoms with E-state index in [1.807, 2.05) is 0 Å². The van der Waals surface area contributed by atoms with Crippen LogP contribution in [0.25, 0.3) is 10.9 Å². The third-order valence-electron chi connectivity index (χ3n) is 2.53. The zero-order chi connectivity index (χ0) is 13.3. The molecule has 0 saturated carbocycles. The zero-order valence-electron chi connectivity index (χ0n) is 9.14. The number of nitrogens with one attached hydrogen (secondary N) is 1. The summed E-state index contributed by atoms with van der Waals surface area (Å²) in [5.41, 5.74) is 0.814. The van der Waals surface area contributed by atoms with Crippen LogP contribution in [-0.4, -0.2) is 32.7 Å². The number of Topliss-reactive ketones (excluding diaryl/α,β-unsaturated/α-hetero) is 2. The van der Waals surface area contributed by atoms with Crippen LogP contribution in [0.4, 0.5) is 0 Å². The summed E-state index contributed by atoms with van der Waals surface area (Å²) in [5.74, 6) is -3.40. The highest BCUT2D eigenvalue weighted by molar-refractivity contribution is 6.37. The van der Waals surface area contributed by atoms with E-state index in [2.05, 4.69) is 4.98 Å². The van der Waals surface area contributed by atoms with Gasteiger partial charge in [0.2, 0.25) is 5.78 Å². The van der Waals surface area contributed by atoms with Crippen molar-refractivity contribution in [1.82, 2.24) is 4.98 Å². The molecule has 2 aromatic rings. The van der Waals surface area contributed by atoms with E-state index in [1.54, 1.807) is 6.07 Å². The number of aromatic amines is 1. The molecule has 3 N–H and O–H groups in total. The number of phenolic OH excluding ortho intramolecular Hbond substituents is 1. The molecule has 6 nitrogen and oxygen atoms in total. The Hall–Kier alpha value is -2.63. The lowest BCUT2D eigenvalue weighted by Gasteiger charge is -1.97. The number of aliphatic carboxylic acids is 1. The molecule has 18 heavy (non-hydrogen) atoms. The Labute approximate surface area is 101 Å². The Kier molecular flexibility index (Phi) is 2.85. The number of hydrogen-bond acceptors (Lipinski definition) is 4. The standard InChI is InChI=1S/C12H9NO5/c14-6-1-2-9-7(3-6)8(5-13-9)10(15)4-11(16)12(17)18/h1-3,5,13-14H,4H2,(H,17,18). The maximum atomic E-state index is 11.8. The van der Waals surface area contributed by atoms with Crippen molar-refractivity contribution in [3.8, 4) is 5.75 Å². The predicted octanol–water partition coefficient (Wildman–Crippen LogP) is 1.10. The van der Waals surface area contributed by atoms with Crippen LogP contribution >= 0.6 is 0 Å². The number of rotatable bonds is 4. The summed E-state index contributed by atoms with van der Waals surface area (Å²) in [6.07, 6.45) is 0.694. The van der Waals surface area contributed by atoms with Crippen LogP contribution in [0.1, 0.15) is 16.8 Å². The maximum Gasteiger partial charge on any atom is 0.372 e. The SMILES string of the molecule is O=C(O)C(=O)CC(=O)c1c[nH]c2ccc(O)cc12. The van der Waals surface area contributed by atoms with Gasteiger partial charge in [-0.05, 0) is 18.2 Å². The Morgan fingerprint density at radius 1 is 1.22 bits per heavy atom. The van der Waals surface area contributed by atoms with Gasteiger partial charge in [0, 0.05) is 22.7 Å². The molecule has 0 aliphatic rings. The van der Waals surface area contributed by atoms with Gasteiger partial charge in [0.25, 0.3) is 0 Å². The first-order valence-corrected chi connectivity index (χ1v) is 5.08. The number of benzene rings is 1. The van der Waals surface area contributed by atoms with Crippen LogP contribution in [0.5, 0.6) is 5.75 Å². The third-order valence-corrected chi connectivity index (χ3v) is 2.53. The van der Waals surface area contributed by atoms with Crippen LogP contribution in [0.2, 0.25) is 0 Å². The van der Waals surface area contributed by atoms with E-state index < -0.39 is 24.0 Å². The summed E-state index contributed by atoms with van der Waals surface area (Å²) < 4.78 is 0. The van der Waals surface area contributed by atoms with Gasteiger partial charge in [-0.2, -0.15) is 0 Å². The van der Waals surface area contributed by atoms with Crippen molar-refractivity contribution in [3.63, 3.8) is 0 Å². The molecule has 1 aromatic heterocycles. The van der Waals surface area contributed by atoms with Crippen molar-refractivity contribution in [1.29, 1.82) is 0 Å². The molecule has 6 heteroatoms. The highest BCUT2D eigenvalue weighted by Gasteiger charge is 2.20. The van der Waals surface area contributed by atoms with Crippen molar-refractivity contribution in [2.75, 3.05) is 0 Å². The van der Waals surface area contributed by atoms with E-state index in [-0.39, 0.29) is 11.3 Å². The second kappa shape index (κ2) is 4.33. The monoisotopic (exact) mass is 247 g/mol. The van der Waals surface area contributed by atoms with Crippen LogP contribution < -0.4 is 0 Å². The van der Waals surface area contributed by atoms with Crippen molar-refractivity contribution in [2.24, 2.45) is 0 Å². The van der Waals surface area contributed by atoms with E-state index in [0.29, 0.717) is 10.9 Å². The van der Waals surface area contributed by atoms with Gasteiger partial charge in [-0.1, -0.05) is 0 Å². The molecular weight excluding hydrogens is 238 g/mol. The first kappa shape index (κ1) is 11.8. The van der Waals surface area contributed by atoms with Crippen LogP contribution in [0.3, 0.4) is 0 Å². The summed E-state index contributed by atoms with van der Waals surface area (Å²) in [4.78, 5) is 35.9. The molecule has 0 atom stereocenters. The lowest BCUT2D eigenvalue weighted by atomic mass is 10.0. The first-order chi connectivity index (χ1) is 8.49. The normalized spacial score (nSPS) is 10.4. The van der Waals surface area contributed by atoms with E-state index in [9.17, 15) is 19.5 Å². The fourth-order valence-electron chi connectivity index (χ4n) is 1.66. The van der Waals surface area contributed by atoms with E-state index in [0.717, 1.165) is 0 Å². The number of hydrogen-bond donors (Lipinski definition) is 3. The molecule has 0 fully saturated rings. The fraction of sp³-hybridized carbons (Fsp3) is 0.0833. The number of carbonyl (C=O) groups is 3. The Bertz CT molecular complexity index is 656. The van der Waals surface area contributed by atoms with Crippen molar-refractivity contribution in [3.05, 3.63) is 30.0 Å². The lowest BCUT2D eigenvalue weighted by Crippen LogP contribution is -2.16. The van der Waals surface area contributed by atoms with Crippen molar-refractivity contribution >= 4 is 28.4 Å². The van der Waals surface area contributed by atoms with Gasteiger partial charge in [-0.25, -0.2) is 4.79 Å². The largest absolute Gasteiger partial charge is 0.508 e. The molecule has 1 aromatic carbocycles. The number of aromatic nitrogens is 1. The zero-order valence-corrected chi connectivity index (χ0v) is 9.14. The number of aromatic hydroxyl groups is 1. The Balaban J connectivity index is 2.36. The van der Waals surface area contributed by atoms with Gasteiger partial charge in [0.15, 0.2) is 5.78 Å². The highest BCUT2D eigenvalue weighted by Crippen LogP contribution is 2.23. The van der Waals surface area contributed by atoms with Crippen LogP contribution in [-0.2, 0) is 9.59 Å². The van der Waals surface area contributed by atoms with Gasteiger partial charge in [-0.15, -0.1) is 0 Å². The van der Waals surface area contributed by atoms with E-state index in [1.165, 1.54) is 18.3 Å². The highest BCUT2D eigenvalue weighted by atomic mass is 16.4. The van der Waals surface area contributed by atoms with Gasteiger partial charge in [0.05, 0.1) is 6.42 Å². The molecule has 2 rings (SSSR count). The molecule has 0 spiro atoms. The second-order valence-electron chi connectivity index (χ2n) is 3.76. The summed E-state index contributed by atoms with van der Waals surface area (Å²) in [6, 6.07) is 4.42. The minimum absolute atomic E-state index is 0.0132.